The molecular weight excluding hydrogens is 456 g/mol. The number of nitrogens with zero attached hydrogens (tertiary/aromatic N) is 1. The van der Waals surface area contributed by atoms with E-state index in [1.807, 2.05) is 55.5 Å². The van der Waals surface area contributed by atoms with Crippen LogP contribution >= 0.6 is 15.9 Å². The first-order valence-corrected chi connectivity index (χ1v) is 10.3. The summed E-state index contributed by atoms with van der Waals surface area (Å²) < 4.78 is 12.3. The Morgan fingerprint density at radius 2 is 1.87 bits per heavy atom. The van der Waals surface area contributed by atoms with E-state index >= 15 is 0 Å². The molecule has 0 saturated heterocycles. The molecule has 0 unspecified atom stereocenters. The Kier molecular flexibility index (Phi) is 7.47. The number of rotatable bonds is 7. The van der Waals surface area contributed by atoms with Gasteiger partial charge in [0.1, 0.15) is 18.2 Å². The monoisotopic (exact) mass is 476 g/mol. The van der Waals surface area contributed by atoms with E-state index in [1.54, 1.807) is 31.4 Å². The van der Waals surface area contributed by atoms with Crippen molar-refractivity contribution in [2.24, 2.45) is 0 Å². The predicted octanol–water partition coefficient (Wildman–Crippen LogP) is 5.89. The molecule has 0 aromatic heterocycles. The Morgan fingerprint density at radius 1 is 1.10 bits per heavy atom. The normalized spacial score (nSPS) is 10.8. The number of carbonyl (C=O) groups is 1. The molecule has 5 nitrogen and oxygen atoms in total. The van der Waals surface area contributed by atoms with Gasteiger partial charge in [-0.15, -0.1) is 0 Å². The molecule has 3 rings (SSSR count). The average molecular weight is 477 g/mol. The van der Waals surface area contributed by atoms with Crippen molar-refractivity contribution in [2.75, 3.05) is 12.4 Å². The molecular formula is C25H21BrN2O3. The van der Waals surface area contributed by atoms with Crippen LogP contribution in [-0.2, 0) is 11.4 Å². The van der Waals surface area contributed by atoms with E-state index in [-0.39, 0.29) is 5.57 Å². The zero-order chi connectivity index (χ0) is 22.2. The third-order valence-corrected chi connectivity index (χ3v) is 4.98. The van der Waals surface area contributed by atoms with Crippen LogP contribution in [0.2, 0.25) is 0 Å². The van der Waals surface area contributed by atoms with Crippen molar-refractivity contribution >= 4 is 33.6 Å². The van der Waals surface area contributed by atoms with Gasteiger partial charge in [-0.25, -0.2) is 0 Å². The molecule has 0 radical (unpaired) electrons. The van der Waals surface area contributed by atoms with E-state index in [2.05, 4.69) is 21.2 Å². The Balaban J connectivity index is 1.74. The van der Waals surface area contributed by atoms with E-state index in [9.17, 15) is 10.1 Å². The van der Waals surface area contributed by atoms with Crippen molar-refractivity contribution in [3.63, 3.8) is 0 Å². The van der Waals surface area contributed by atoms with E-state index in [0.717, 1.165) is 15.6 Å². The lowest BCUT2D eigenvalue weighted by molar-refractivity contribution is -0.112. The molecule has 0 aliphatic carbocycles. The molecule has 0 aliphatic heterocycles. The minimum Gasteiger partial charge on any atom is -0.493 e. The van der Waals surface area contributed by atoms with Crippen LogP contribution in [-0.4, -0.2) is 13.0 Å². The van der Waals surface area contributed by atoms with Gasteiger partial charge in [0, 0.05) is 10.2 Å². The molecule has 156 valence electrons. The number of carbonyl (C=O) groups excluding carboxylic acids is 1. The highest BCUT2D eigenvalue weighted by atomic mass is 79.9. The summed E-state index contributed by atoms with van der Waals surface area (Å²) in [6, 6.07) is 22.5. The van der Waals surface area contributed by atoms with E-state index < -0.39 is 5.91 Å². The molecule has 0 fully saturated rings. The van der Waals surface area contributed by atoms with Crippen LogP contribution in [0.15, 0.2) is 76.8 Å². The van der Waals surface area contributed by atoms with Crippen LogP contribution in [0.1, 0.15) is 16.7 Å². The fourth-order valence-corrected chi connectivity index (χ4v) is 3.14. The van der Waals surface area contributed by atoms with Gasteiger partial charge in [0.05, 0.1) is 7.11 Å². The molecule has 0 heterocycles. The van der Waals surface area contributed by atoms with Crippen molar-refractivity contribution in [3.8, 4) is 17.6 Å². The summed E-state index contributed by atoms with van der Waals surface area (Å²) in [6.45, 7) is 2.32. The van der Waals surface area contributed by atoms with Gasteiger partial charge < -0.3 is 14.8 Å². The number of hydrogen-bond acceptors (Lipinski definition) is 4. The standard InChI is InChI=1S/C25H21BrN2O3/c1-17-4-3-5-22(12-17)28-25(29)20(15-27)13-19-8-11-23(24(14-19)30-2)31-16-18-6-9-21(26)10-7-18/h3-14H,16H2,1-2H3,(H,28,29)/b20-13-. The number of nitrogens with one attached hydrogen (secondary N) is 1. The molecule has 0 bridgehead atoms. The van der Waals surface area contributed by atoms with Crippen molar-refractivity contribution < 1.29 is 14.3 Å². The molecule has 1 N–H and O–H groups in total. The molecule has 0 spiro atoms. The fraction of sp³-hybridized carbons (Fsp3) is 0.120. The number of benzene rings is 3. The van der Waals surface area contributed by atoms with Gasteiger partial charge in [-0.05, 0) is 66.1 Å². The number of anilines is 1. The first kappa shape index (κ1) is 22.1. The number of ether oxygens (including phenoxy) is 2. The molecule has 31 heavy (non-hydrogen) atoms. The second kappa shape index (κ2) is 10.5. The second-order valence-electron chi connectivity index (χ2n) is 6.82. The number of halogens is 1. The third kappa shape index (κ3) is 6.21. The quantitative estimate of drug-likeness (QED) is 0.340. The van der Waals surface area contributed by atoms with Crippen molar-refractivity contribution in [2.45, 2.75) is 13.5 Å². The van der Waals surface area contributed by atoms with Gasteiger partial charge in [-0.2, -0.15) is 5.26 Å². The molecule has 3 aromatic rings. The van der Waals surface area contributed by atoms with Gasteiger partial charge in [0.15, 0.2) is 11.5 Å². The zero-order valence-corrected chi connectivity index (χ0v) is 18.8. The second-order valence-corrected chi connectivity index (χ2v) is 7.73. The topological polar surface area (TPSA) is 71.3 Å². The van der Waals surface area contributed by atoms with Crippen LogP contribution in [0.4, 0.5) is 5.69 Å². The minimum atomic E-state index is -0.470. The SMILES string of the molecule is COc1cc(/C=C(/C#N)C(=O)Nc2cccc(C)c2)ccc1OCc1ccc(Br)cc1. The number of methoxy groups -OCH3 is 1. The maximum atomic E-state index is 12.5. The summed E-state index contributed by atoms with van der Waals surface area (Å²) >= 11 is 3.41. The van der Waals surface area contributed by atoms with Gasteiger partial charge in [0.2, 0.25) is 0 Å². The molecule has 1 amide bonds. The van der Waals surface area contributed by atoms with E-state index in [0.29, 0.717) is 29.4 Å². The number of aryl methyl sites for hydroxylation is 1. The lowest BCUT2D eigenvalue weighted by Crippen LogP contribution is -2.13. The summed E-state index contributed by atoms with van der Waals surface area (Å²) in [7, 11) is 1.55. The van der Waals surface area contributed by atoms with E-state index in [4.69, 9.17) is 9.47 Å². The molecule has 0 aliphatic rings. The van der Waals surface area contributed by atoms with Crippen molar-refractivity contribution in [1.82, 2.24) is 0 Å². The average Bonchev–Trinajstić information content (AvgIpc) is 2.77. The number of hydrogen-bond donors (Lipinski definition) is 1. The summed E-state index contributed by atoms with van der Waals surface area (Å²) in [5.74, 6) is 0.621. The first-order valence-electron chi connectivity index (χ1n) is 9.53. The first-order chi connectivity index (χ1) is 15.0. The summed E-state index contributed by atoms with van der Waals surface area (Å²) in [5.41, 5.74) is 3.33. The third-order valence-electron chi connectivity index (χ3n) is 4.45. The summed E-state index contributed by atoms with van der Waals surface area (Å²) in [4.78, 5) is 12.5. The van der Waals surface area contributed by atoms with Crippen molar-refractivity contribution in [3.05, 3.63) is 93.5 Å². The fourth-order valence-electron chi connectivity index (χ4n) is 2.87. The molecule has 6 heteroatoms. The van der Waals surface area contributed by atoms with Gasteiger partial charge >= 0.3 is 0 Å². The zero-order valence-electron chi connectivity index (χ0n) is 17.2. The Labute approximate surface area is 190 Å². The van der Waals surface area contributed by atoms with Gasteiger partial charge in [-0.3, -0.25) is 4.79 Å². The predicted molar refractivity (Wildman–Crippen MR) is 125 cm³/mol. The van der Waals surface area contributed by atoms with Crippen molar-refractivity contribution in [1.29, 1.82) is 5.26 Å². The number of amides is 1. The smallest absolute Gasteiger partial charge is 0.266 e. The maximum Gasteiger partial charge on any atom is 0.266 e. The van der Waals surface area contributed by atoms with Crippen LogP contribution < -0.4 is 14.8 Å². The van der Waals surface area contributed by atoms with E-state index in [1.165, 1.54) is 6.08 Å². The lowest BCUT2D eigenvalue weighted by atomic mass is 10.1. The van der Waals surface area contributed by atoms with Crippen LogP contribution in [0.3, 0.4) is 0 Å². The molecule has 0 atom stereocenters. The maximum absolute atomic E-state index is 12.5. The Morgan fingerprint density at radius 3 is 2.55 bits per heavy atom. The summed E-state index contributed by atoms with van der Waals surface area (Å²) in [5, 5.41) is 12.2. The van der Waals surface area contributed by atoms with Crippen LogP contribution in [0, 0.1) is 18.3 Å². The number of nitriles is 1. The molecule has 3 aromatic carbocycles. The lowest BCUT2D eigenvalue weighted by Gasteiger charge is -2.12. The van der Waals surface area contributed by atoms with Crippen LogP contribution in [0.5, 0.6) is 11.5 Å². The Bertz CT molecular complexity index is 1150. The highest BCUT2D eigenvalue weighted by Crippen LogP contribution is 2.30. The summed E-state index contributed by atoms with van der Waals surface area (Å²) in [6.07, 6.45) is 1.52. The van der Waals surface area contributed by atoms with Gasteiger partial charge in [-0.1, -0.05) is 46.3 Å². The Hall–Kier alpha value is -3.56. The molecule has 0 saturated carbocycles. The highest BCUT2D eigenvalue weighted by molar-refractivity contribution is 9.10. The van der Waals surface area contributed by atoms with Crippen LogP contribution in [0.25, 0.3) is 6.08 Å². The largest absolute Gasteiger partial charge is 0.493 e. The highest BCUT2D eigenvalue weighted by Gasteiger charge is 2.11. The minimum absolute atomic E-state index is 0.00732. The van der Waals surface area contributed by atoms with Gasteiger partial charge in [0.25, 0.3) is 5.91 Å².